The van der Waals surface area contributed by atoms with Crippen molar-refractivity contribution >= 4 is 18.0 Å². The molecular weight excluding hydrogens is 436 g/mol. The molecule has 8 heteroatoms. The van der Waals surface area contributed by atoms with E-state index in [0.717, 1.165) is 22.3 Å². The van der Waals surface area contributed by atoms with Crippen LogP contribution >= 0.6 is 0 Å². The Bertz CT molecular complexity index is 1080. The van der Waals surface area contributed by atoms with Crippen LogP contribution in [0.1, 0.15) is 29.9 Å². The van der Waals surface area contributed by atoms with Gasteiger partial charge in [-0.25, -0.2) is 4.79 Å². The number of hydrogen-bond acceptors (Lipinski definition) is 5. The van der Waals surface area contributed by atoms with Crippen molar-refractivity contribution in [1.29, 1.82) is 0 Å². The van der Waals surface area contributed by atoms with Crippen LogP contribution in [0.2, 0.25) is 0 Å². The molecule has 2 aromatic carbocycles. The quantitative estimate of drug-likeness (QED) is 0.613. The Labute approximate surface area is 197 Å². The molecule has 1 heterocycles. The summed E-state index contributed by atoms with van der Waals surface area (Å²) in [5.74, 6) is 0.815. The van der Waals surface area contributed by atoms with E-state index in [1.807, 2.05) is 48.5 Å². The number of carbonyl (C=O) groups is 3. The second-order valence-electron chi connectivity index (χ2n) is 8.29. The Balaban J connectivity index is 1.42. The molecular formula is C26H26N2O6. The number of terminal acetylenes is 1. The lowest BCUT2D eigenvalue weighted by atomic mass is 9.98. The first-order valence-corrected chi connectivity index (χ1v) is 11.1. The van der Waals surface area contributed by atoms with E-state index in [4.69, 9.17) is 21.0 Å². The fourth-order valence-corrected chi connectivity index (χ4v) is 4.62. The molecule has 1 aliphatic carbocycles. The van der Waals surface area contributed by atoms with Gasteiger partial charge in [0.25, 0.3) is 0 Å². The minimum Gasteiger partial charge on any atom is -0.481 e. The van der Waals surface area contributed by atoms with Crippen molar-refractivity contribution in [2.24, 2.45) is 0 Å². The van der Waals surface area contributed by atoms with Crippen molar-refractivity contribution in [2.45, 2.75) is 30.8 Å². The van der Waals surface area contributed by atoms with Gasteiger partial charge in [-0.2, -0.15) is 0 Å². The van der Waals surface area contributed by atoms with Crippen LogP contribution in [-0.2, 0) is 19.1 Å². The SMILES string of the molecule is C#CCC(NC(=O)OCC1c2ccccc2-c2ccccc21)C(=O)N1CCOCC1CC(=O)O. The molecule has 0 bridgehead atoms. The minimum absolute atomic E-state index is 0.0415. The number of carboxylic acids is 1. The third-order valence-corrected chi connectivity index (χ3v) is 6.18. The number of alkyl carbamates (subject to hydrolysis) is 1. The monoisotopic (exact) mass is 462 g/mol. The van der Waals surface area contributed by atoms with Crippen LogP contribution in [0.3, 0.4) is 0 Å². The summed E-state index contributed by atoms with van der Waals surface area (Å²) >= 11 is 0. The molecule has 0 saturated carbocycles. The molecule has 1 fully saturated rings. The predicted molar refractivity (Wildman–Crippen MR) is 124 cm³/mol. The van der Waals surface area contributed by atoms with E-state index >= 15 is 0 Å². The maximum absolute atomic E-state index is 13.1. The zero-order chi connectivity index (χ0) is 24.1. The summed E-state index contributed by atoms with van der Waals surface area (Å²) in [7, 11) is 0. The van der Waals surface area contributed by atoms with Crippen molar-refractivity contribution < 1.29 is 29.0 Å². The number of morpholine rings is 1. The van der Waals surface area contributed by atoms with Crippen molar-refractivity contribution in [2.75, 3.05) is 26.4 Å². The summed E-state index contributed by atoms with van der Waals surface area (Å²) < 4.78 is 10.9. The van der Waals surface area contributed by atoms with Gasteiger partial charge in [0.15, 0.2) is 0 Å². The van der Waals surface area contributed by atoms with Crippen LogP contribution in [0.15, 0.2) is 48.5 Å². The van der Waals surface area contributed by atoms with Gasteiger partial charge < -0.3 is 24.8 Å². The molecule has 34 heavy (non-hydrogen) atoms. The van der Waals surface area contributed by atoms with Gasteiger partial charge in [0, 0.05) is 18.9 Å². The Morgan fingerprint density at radius 2 is 1.79 bits per heavy atom. The first kappa shape index (κ1) is 23.3. The second kappa shape index (κ2) is 10.4. The normalized spacial score (nSPS) is 17.7. The molecule has 4 rings (SSSR count). The number of fused-ring (bicyclic) bond motifs is 3. The van der Waals surface area contributed by atoms with Crippen molar-refractivity contribution in [3.8, 4) is 23.5 Å². The first-order chi connectivity index (χ1) is 16.5. The zero-order valence-corrected chi connectivity index (χ0v) is 18.6. The summed E-state index contributed by atoms with van der Waals surface area (Å²) in [5.41, 5.74) is 4.39. The van der Waals surface area contributed by atoms with E-state index in [0.29, 0.717) is 0 Å². The number of nitrogens with zero attached hydrogens (tertiary/aromatic N) is 1. The number of hydrogen-bond donors (Lipinski definition) is 2. The molecule has 0 spiro atoms. The second-order valence-corrected chi connectivity index (χ2v) is 8.29. The molecule has 1 aliphatic heterocycles. The average molecular weight is 463 g/mol. The number of rotatable bonds is 7. The topological polar surface area (TPSA) is 105 Å². The number of aliphatic carboxylic acids is 1. The maximum atomic E-state index is 13.1. The highest BCUT2D eigenvalue weighted by Gasteiger charge is 2.34. The van der Waals surface area contributed by atoms with Crippen LogP contribution in [0, 0.1) is 12.3 Å². The van der Waals surface area contributed by atoms with E-state index in [1.54, 1.807) is 0 Å². The molecule has 1 saturated heterocycles. The van der Waals surface area contributed by atoms with E-state index in [2.05, 4.69) is 11.2 Å². The van der Waals surface area contributed by atoms with Gasteiger partial charge in [-0.1, -0.05) is 48.5 Å². The van der Waals surface area contributed by atoms with Gasteiger partial charge in [-0.15, -0.1) is 12.3 Å². The summed E-state index contributed by atoms with van der Waals surface area (Å²) in [4.78, 5) is 38.4. The average Bonchev–Trinajstić information content (AvgIpc) is 3.16. The van der Waals surface area contributed by atoms with E-state index in [-0.39, 0.29) is 45.1 Å². The van der Waals surface area contributed by atoms with E-state index < -0.39 is 30.1 Å². The molecule has 2 aromatic rings. The molecule has 2 N–H and O–H groups in total. The fourth-order valence-electron chi connectivity index (χ4n) is 4.62. The Morgan fingerprint density at radius 1 is 1.15 bits per heavy atom. The molecule has 0 radical (unpaired) electrons. The number of benzene rings is 2. The Morgan fingerprint density at radius 3 is 2.41 bits per heavy atom. The number of carboxylic acid groups (broad SMARTS) is 1. The standard InChI is InChI=1S/C26H26N2O6/c1-2-7-23(25(31)28-12-13-33-15-17(28)14-24(29)30)27-26(32)34-16-22-20-10-5-3-8-18(20)19-9-4-6-11-21(19)22/h1,3-6,8-11,17,22-23H,7,12-16H2,(H,27,32)(H,29,30). The molecule has 2 amide bonds. The van der Waals surface area contributed by atoms with Crippen molar-refractivity contribution in [3.63, 3.8) is 0 Å². The van der Waals surface area contributed by atoms with Crippen LogP contribution in [0.25, 0.3) is 11.1 Å². The number of carbonyl (C=O) groups excluding carboxylic acids is 2. The van der Waals surface area contributed by atoms with Gasteiger partial charge >= 0.3 is 12.1 Å². The number of ether oxygens (including phenoxy) is 2. The molecule has 176 valence electrons. The maximum Gasteiger partial charge on any atom is 0.407 e. The summed E-state index contributed by atoms with van der Waals surface area (Å²) in [6.45, 7) is 0.738. The van der Waals surface area contributed by atoms with Gasteiger partial charge in [0.05, 0.1) is 25.7 Å². The number of nitrogens with one attached hydrogen (secondary N) is 1. The van der Waals surface area contributed by atoms with Gasteiger partial charge in [-0.05, 0) is 22.3 Å². The third-order valence-electron chi connectivity index (χ3n) is 6.18. The Hall–Kier alpha value is -3.83. The fraction of sp³-hybridized carbons (Fsp3) is 0.346. The summed E-state index contributed by atoms with van der Waals surface area (Å²) in [6.07, 6.45) is 4.39. The summed E-state index contributed by atoms with van der Waals surface area (Å²) in [6, 6.07) is 14.4. The van der Waals surface area contributed by atoms with Crippen molar-refractivity contribution in [3.05, 3.63) is 59.7 Å². The highest BCUT2D eigenvalue weighted by Crippen LogP contribution is 2.44. The van der Waals surface area contributed by atoms with Crippen LogP contribution in [0.4, 0.5) is 4.79 Å². The summed E-state index contributed by atoms with van der Waals surface area (Å²) in [5, 5.41) is 11.7. The number of amides is 2. The van der Waals surface area contributed by atoms with Crippen LogP contribution in [0.5, 0.6) is 0 Å². The lowest BCUT2D eigenvalue weighted by Crippen LogP contribution is -2.56. The first-order valence-electron chi connectivity index (χ1n) is 11.1. The van der Waals surface area contributed by atoms with Crippen molar-refractivity contribution in [1.82, 2.24) is 10.2 Å². The molecule has 0 aromatic heterocycles. The van der Waals surface area contributed by atoms with E-state index in [1.165, 1.54) is 4.90 Å². The smallest absolute Gasteiger partial charge is 0.407 e. The minimum atomic E-state index is -1.04. The lowest BCUT2D eigenvalue weighted by Gasteiger charge is -2.36. The molecule has 2 atom stereocenters. The molecule has 2 aliphatic rings. The van der Waals surface area contributed by atoms with Gasteiger partial charge in [0.2, 0.25) is 5.91 Å². The van der Waals surface area contributed by atoms with Crippen LogP contribution in [-0.4, -0.2) is 66.4 Å². The van der Waals surface area contributed by atoms with Gasteiger partial charge in [0.1, 0.15) is 12.6 Å². The molecule has 8 nitrogen and oxygen atoms in total. The third kappa shape index (κ3) is 4.90. The van der Waals surface area contributed by atoms with E-state index in [9.17, 15) is 14.4 Å². The van der Waals surface area contributed by atoms with Gasteiger partial charge in [-0.3, -0.25) is 9.59 Å². The molecule has 2 unspecified atom stereocenters. The lowest BCUT2D eigenvalue weighted by molar-refractivity contribution is -0.147. The largest absolute Gasteiger partial charge is 0.481 e. The van der Waals surface area contributed by atoms with Crippen LogP contribution < -0.4 is 5.32 Å². The zero-order valence-electron chi connectivity index (χ0n) is 18.6. The highest BCUT2D eigenvalue weighted by molar-refractivity contribution is 5.87. The highest BCUT2D eigenvalue weighted by atomic mass is 16.5. The predicted octanol–water partition coefficient (Wildman–Crippen LogP) is 2.62. The Kier molecular flexibility index (Phi) is 7.14.